The van der Waals surface area contributed by atoms with E-state index in [4.69, 9.17) is 14.2 Å². The van der Waals surface area contributed by atoms with E-state index in [0.717, 1.165) is 18.4 Å². The van der Waals surface area contributed by atoms with E-state index in [1.54, 1.807) is 13.0 Å². The lowest BCUT2D eigenvalue weighted by atomic mass is 9.86. The summed E-state index contributed by atoms with van der Waals surface area (Å²) in [5.41, 5.74) is 1.70. The number of esters is 2. The second-order valence-electron chi connectivity index (χ2n) is 9.62. The van der Waals surface area contributed by atoms with Crippen LogP contribution in [0.15, 0.2) is 46.3 Å². The van der Waals surface area contributed by atoms with Crippen LogP contribution in [-0.2, 0) is 23.8 Å². The van der Waals surface area contributed by atoms with Gasteiger partial charge in [0.25, 0.3) is 0 Å². The van der Waals surface area contributed by atoms with Crippen molar-refractivity contribution >= 4 is 11.9 Å². The molecular formula is C25H34O7. The largest absolute Gasteiger partial charge is 0.457 e. The summed E-state index contributed by atoms with van der Waals surface area (Å²) < 4.78 is 16.7. The lowest BCUT2D eigenvalue weighted by Crippen LogP contribution is -2.39. The number of aliphatic hydroxyl groups excluding tert-OH is 1. The average molecular weight is 447 g/mol. The number of carbonyl (C=O) groups excluding carboxylic acids is 2. The summed E-state index contributed by atoms with van der Waals surface area (Å²) in [5, 5.41) is 21.8. The highest BCUT2D eigenvalue weighted by molar-refractivity contribution is 5.95. The highest BCUT2D eigenvalue weighted by atomic mass is 16.6. The van der Waals surface area contributed by atoms with Crippen molar-refractivity contribution < 1.29 is 34.0 Å². The Balaban J connectivity index is 1.79. The molecule has 0 aromatic heterocycles. The molecular weight excluding hydrogens is 412 g/mol. The van der Waals surface area contributed by atoms with Crippen LogP contribution in [0.2, 0.25) is 0 Å². The van der Waals surface area contributed by atoms with E-state index in [0.29, 0.717) is 18.4 Å². The van der Waals surface area contributed by atoms with Crippen molar-refractivity contribution in [2.24, 2.45) is 5.92 Å². The van der Waals surface area contributed by atoms with Crippen LogP contribution in [0, 0.1) is 5.92 Å². The van der Waals surface area contributed by atoms with Gasteiger partial charge in [-0.1, -0.05) is 24.1 Å². The fourth-order valence-corrected chi connectivity index (χ4v) is 4.43. The molecule has 3 heterocycles. The van der Waals surface area contributed by atoms with Crippen LogP contribution >= 0.6 is 0 Å². The Hall–Kier alpha value is -2.22. The quantitative estimate of drug-likeness (QED) is 0.365. The highest BCUT2D eigenvalue weighted by Gasteiger charge is 2.51. The molecule has 0 radical (unpaired) electrons. The standard InChI is InChI=1S/C25H34O7/c1-15(2)7-6-8-16(3)11-21(27)30-14-18-22-19(26)12-17(4)25(29)10-9-24(5,32-25)13-20(22)31-23(18)28/h7,11,13,17,19,26,29H,6,8-10,12,14H2,1-5H3/b16-11+,20-13+/t17-,19+,24-,25+/m1/s1. The Bertz CT molecular complexity index is 905. The lowest BCUT2D eigenvalue weighted by Gasteiger charge is -2.32. The summed E-state index contributed by atoms with van der Waals surface area (Å²) in [5.74, 6) is -2.70. The number of fused-ring (bicyclic) bond motifs is 3. The Kier molecular flexibility index (Phi) is 7.12. The van der Waals surface area contributed by atoms with Crippen LogP contribution in [0.5, 0.6) is 0 Å². The first-order chi connectivity index (χ1) is 14.9. The normalized spacial score (nSPS) is 34.0. The van der Waals surface area contributed by atoms with Crippen LogP contribution < -0.4 is 0 Å². The fraction of sp³-hybridized carbons (Fsp3) is 0.600. The molecule has 0 amide bonds. The maximum atomic E-state index is 12.6. The minimum absolute atomic E-state index is 0.119. The van der Waals surface area contributed by atoms with Crippen LogP contribution in [-0.4, -0.2) is 46.3 Å². The number of ether oxygens (including phenoxy) is 3. The Morgan fingerprint density at radius 1 is 1.31 bits per heavy atom. The number of hydrogen-bond donors (Lipinski definition) is 2. The first kappa shape index (κ1) is 24.4. The summed E-state index contributed by atoms with van der Waals surface area (Å²) in [6, 6.07) is 0. The van der Waals surface area contributed by atoms with Gasteiger partial charge in [-0.15, -0.1) is 0 Å². The molecule has 0 aromatic carbocycles. The maximum absolute atomic E-state index is 12.6. The van der Waals surface area contributed by atoms with Gasteiger partial charge in [-0.3, -0.25) is 0 Å². The molecule has 1 saturated heterocycles. The van der Waals surface area contributed by atoms with Gasteiger partial charge in [0.1, 0.15) is 12.4 Å². The topological polar surface area (TPSA) is 102 Å². The highest BCUT2D eigenvalue weighted by Crippen LogP contribution is 2.47. The molecule has 0 aromatic rings. The van der Waals surface area contributed by atoms with Gasteiger partial charge < -0.3 is 24.4 Å². The molecule has 7 nitrogen and oxygen atoms in total. The van der Waals surface area contributed by atoms with Crippen LogP contribution in [0.3, 0.4) is 0 Å². The number of aliphatic hydroxyl groups is 2. The molecule has 3 aliphatic rings. The number of hydrogen-bond acceptors (Lipinski definition) is 7. The molecule has 3 aliphatic heterocycles. The third-order valence-electron chi connectivity index (χ3n) is 6.36. The zero-order valence-electron chi connectivity index (χ0n) is 19.6. The fourth-order valence-electron chi connectivity index (χ4n) is 4.43. The molecule has 4 atom stereocenters. The van der Waals surface area contributed by atoms with Gasteiger partial charge >= 0.3 is 11.9 Å². The molecule has 32 heavy (non-hydrogen) atoms. The van der Waals surface area contributed by atoms with E-state index in [-0.39, 0.29) is 30.3 Å². The first-order valence-electron chi connectivity index (χ1n) is 11.2. The van der Waals surface area contributed by atoms with Crippen LogP contribution in [0.25, 0.3) is 0 Å². The Morgan fingerprint density at radius 2 is 2.03 bits per heavy atom. The molecule has 0 unspecified atom stereocenters. The van der Waals surface area contributed by atoms with Crippen LogP contribution in [0.4, 0.5) is 0 Å². The molecule has 2 N–H and O–H groups in total. The van der Waals surface area contributed by atoms with Gasteiger partial charge in [0.2, 0.25) is 0 Å². The smallest absolute Gasteiger partial charge is 0.343 e. The summed E-state index contributed by atoms with van der Waals surface area (Å²) in [6.07, 6.45) is 6.84. The van der Waals surface area contributed by atoms with E-state index >= 15 is 0 Å². The zero-order valence-corrected chi connectivity index (χ0v) is 19.6. The van der Waals surface area contributed by atoms with E-state index < -0.39 is 29.4 Å². The predicted molar refractivity (Wildman–Crippen MR) is 118 cm³/mol. The SMILES string of the molecule is CC(C)=CCC/C(C)=C/C(=O)OCC1=C2/C(=C\[C@@]3(C)CC[C@](O)(O3)[C@H](C)C[C@@H]2O)OC1=O. The summed E-state index contributed by atoms with van der Waals surface area (Å²) in [6.45, 7) is 9.23. The molecule has 176 valence electrons. The maximum Gasteiger partial charge on any atom is 0.343 e. The van der Waals surface area contributed by atoms with E-state index in [2.05, 4.69) is 6.08 Å². The van der Waals surface area contributed by atoms with Gasteiger partial charge in [0, 0.05) is 24.0 Å². The van der Waals surface area contributed by atoms with Crippen molar-refractivity contribution in [2.45, 2.75) is 84.2 Å². The van der Waals surface area contributed by atoms with Gasteiger partial charge in [0.05, 0.1) is 17.3 Å². The third-order valence-corrected chi connectivity index (χ3v) is 6.36. The molecule has 7 heteroatoms. The van der Waals surface area contributed by atoms with E-state index in [1.165, 1.54) is 11.6 Å². The number of rotatable bonds is 6. The van der Waals surface area contributed by atoms with Gasteiger partial charge in [-0.2, -0.15) is 0 Å². The van der Waals surface area contributed by atoms with Crippen molar-refractivity contribution in [3.8, 4) is 0 Å². The summed E-state index contributed by atoms with van der Waals surface area (Å²) >= 11 is 0. The summed E-state index contributed by atoms with van der Waals surface area (Å²) in [4.78, 5) is 24.8. The van der Waals surface area contributed by atoms with E-state index in [1.807, 2.05) is 27.7 Å². The molecule has 3 rings (SSSR count). The molecule has 0 saturated carbocycles. The van der Waals surface area contributed by atoms with Crippen molar-refractivity contribution in [3.05, 3.63) is 46.3 Å². The molecule has 0 aliphatic carbocycles. The van der Waals surface area contributed by atoms with Gasteiger partial charge in [-0.05, 0) is 59.5 Å². The monoisotopic (exact) mass is 446 g/mol. The number of allylic oxidation sites excluding steroid dienone is 3. The minimum atomic E-state index is -1.35. The van der Waals surface area contributed by atoms with Crippen molar-refractivity contribution in [1.29, 1.82) is 0 Å². The third kappa shape index (κ3) is 5.39. The van der Waals surface area contributed by atoms with Gasteiger partial charge in [0.15, 0.2) is 5.79 Å². The van der Waals surface area contributed by atoms with Gasteiger partial charge in [-0.25, -0.2) is 9.59 Å². The summed E-state index contributed by atoms with van der Waals surface area (Å²) in [7, 11) is 0. The lowest BCUT2D eigenvalue weighted by molar-refractivity contribution is -0.238. The first-order valence-corrected chi connectivity index (χ1v) is 11.2. The molecule has 0 spiro atoms. The number of carbonyl (C=O) groups is 2. The zero-order chi connectivity index (χ0) is 23.7. The van der Waals surface area contributed by atoms with E-state index in [9.17, 15) is 19.8 Å². The second-order valence-corrected chi connectivity index (χ2v) is 9.62. The van der Waals surface area contributed by atoms with Crippen molar-refractivity contribution in [3.63, 3.8) is 0 Å². The van der Waals surface area contributed by atoms with Crippen LogP contribution in [0.1, 0.15) is 66.7 Å². The minimum Gasteiger partial charge on any atom is -0.457 e. The van der Waals surface area contributed by atoms with Crippen molar-refractivity contribution in [2.75, 3.05) is 6.61 Å². The predicted octanol–water partition coefficient (Wildman–Crippen LogP) is 3.62. The average Bonchev–Trinajstić information content (AvgIpc) is 3.16. The van der Waals surface area contributed by atoms with Crippen molar-refractivity contribution in [1.82, 2.24) is 0 Å². The Morgan fingerprint density at radius 3 is 2.72 bits per heavy atom. The Labute approximate surface area is 189 Å². The second kappa shape index (κ2) is 9.33. The molecule has 1 fully saturated rings. The molecule has 2 bridgehead atoms.